The summed E-state index contributed by atoms with van der Waals surface area (Å²) in [7, 11) is -3.56. The maximum Gasteiger partial charge on any atom is 0.200 e. The van der Waals surface area contributed by atoms with Gasteiger partial charge in [-0.15, -0.1) is 0 Å². The summed E-state index contributed by atoms with van der Waals surface area (Å²) in [5, 5.41) is 1.02. The van der Waals surface area contributed by atoms with E-state index in [2.05, 4.69) is 0 Å². The minimum Gasteiger partial charge on any atom is -0.303 e. The molecule has 3 nitrogen and oxygen atoms in total. The maximum atomic E-state index is 12.9. The van der Waals surface area contributed by atoms with E-state index in [1.807, 2.05) is 0 Å². The van der Waals surface area contributed by atoms with Gasteiger partial charge in [0, 0.05) is 11.8 Å². The van der Waals surface area contributed by atoms with Crippen molar-refractivity contribution in [2.75, 3.05) is 0 Å². The van der Waals surface area contributed by atoms with Gasteiger partial charge >= 0.3 is 0 Å². The van der Waals surface area contributed by atoms with E-state index in [0.29, 0.717) is 17.4 Å². The number of hydrogen-bond donors (Lipinski definition) is 0. The molecule has 78 valence electrons. The minimum absolute atomic E-state index is 0.0257. The van der Waals surface area contributed by atoms with Crippen molar-refractivity contribution in [3.8, 4) is 0 Å². The molecule has 2 rings (SSSR count). The molecule has 1 aliphatic rings. The predicted molar refractivity (Wildman–Crippen MR) is 52.2 cm³/mol. The maximum absolute atomic E-state index is 12.9. The third-order valence-corrected chi connectivity index (χ3v) is 3.74. The van der Waals surface area contributed by atoms with Gasteiger partial charge in [-0.2, -0.15) is 0 Å². The van der Waals surface area contributed by atoms with Crippen LogP contribution in [0.25, 0.3) is 5.57 Å². The number of sulfone groups is 1. The molecule has 0 bridgehead atoms. The van der Waals surface area contributed by atoms with Crippen molar-refractivity contribution in [3.63, 3.8) is 0 Å². The van der Waals surface area contributed by atoms with Crippen molar-refractivity contribution in [2.24, 2.45) is 0 Å². The zero-order valence-corrected chi connectivity index (χ0v) is 8.42. The van der Waals surface area contributed by atoms with Crippen LogP contribution in [0, 0.1) is 5.82 Å². The van der Waals surface area contributed by atoms with Crippen molar-refractivity contribution >= 4 is 21.7 Å². The molecule has 0 saturated heterocycles. The lowest BCUT2D eigenvalue weighted by Gasteiger charge is -2.00. The molecule has 0 unspecified atom stereocenters. The molecule has 0 saturated carbocycles. The highest BCUT2D eigenvalue weighted by molar-refractivity contribution is 7.95. The third-order valence-electron chi connectivity index (χ3n) is 2.20. The summed E-state index contributed by atoms with van der Waals surface area (Å²) in [6.07, 6.45) is 0.650. The van der Waals surface area contributed by atoms with Gasteiger partial charge in [0.15, 0.2) is 0 Å². The minimum atomic E-state index is -3.56. The highest BCUT2D eigenvalue weighted by Gasteiger charge is 2.26. The van der Waals surface area contributed by atoms with Gasteiger partial charge < -0.3 is 4.79 Å². The Bertz CT molecular complexity index is 558. The van der Waals surface area contributed by atoms with Crippen LogP contribution in [-0.2, 0) is 14.6 Å². The standard InChI is InChI=1S/C10H7FO3S/c11-8-1-2-9-7(3-4-12)6-15(13,14)10(9)5-8/h1-2,4-6H,3H2. The first kappa shape index (κ1) is 10.0. The van der Waals surface area contributed by atoms with Gasteiger partial charge in [0.2, 0.25) is 9.84 Å². The number of allylic oxidation sites excluding steroid dienone is 1. The third kappa shape index (κ3) is 1.59. The van der Waals surface area contributed by atoms with Crippen molar-refractivity contribution in [1.29, 1.82) is 0 Å². The fourth-order valence-electron chi connectivity index (χ4n) is 1.56. The van der Waals surface area contributed by atoms with Crippen molar-refractivity contribution < 1.29 is 17.6 Å². The molecule has 5 heteroatoms. The molecule has 0 fully saturated rings. The van der Waals surface area contributed by atoms with E-state index in [1.165, 1.54) is 12.1 Å². The first-order valence-corrected chi connectivity index (χ1v) is 5.78. The van der Waals surface area contributed by atoms with E-state index in [4.69, 9.17) is 0 Å². The number of benzene rings is 1. The van der Waals surface area contributed by atoms with Crippen LogP contribution < -0.4 is 0 Å². The first-order valence-electron chi connectivity index (χ1n) is 4.24. The summed E-state index contributed by atoms with van der Waals surface area (Å²) in [5.41, 5.74) is 0.837. The van der Waals surface area contributed by atoms with Crippen LogP contribution in [-0.4, -0.2) is 14.7 Å². The first-order chi connectivity index (χ1) is 7.04. The second-order valence-electron chi connectivity index (χ2n) is 3.20. The lowest BCUT2D eigenvalue weighted by atomic mass is 10.1. The molecule has 1 aromatic rings. The summed E-state index contributed by atoms with van der Waals surface area (Å²) < 4.78 is 35.9. The van der Waals surface area contributed by atoms with Crippen molar-refractivity contribution in [3.05, 3.63) is 35.0 Å². The van der Waals surface area contributed by atoms with E-state index in [0.717, 1.165) is 11.5 Å². The second-order valence-corrected chi connectivity index (χ2v) is 4.96. The number of rotatable bonds is 2. The van der Waals surface area contributed by atoms with Crippen molar-refractivity contribution in [1.82, 2.24) is 0 Å². The van der Waals surface area contributed by atoms with Gasteiger partial charge in [0.25, 0.3) is 0 Å². The second kappa shape index (κ2) is 3.27. The summed E-state index contributed by atoms with van der Waals surface area (Å²) in [5.74, 6) is -0.599. The fourth-order valence-corrected chi connectivity index (χ4v) is 3.07. The van der Waals surface area contributed by atoms with Crippen molar-refractivity contribution in [2.45, 2.75) is 11.3 Å². The van der Waals surface area contributed by atoms with Gasteiger partial charge in [-0.05, 0) is 23.3 Å². The predicted octanol–water partition coefficient (Wildman–Crippen LogP) is 1.54. The van der Waals surface area contributed by atoms with Crippen LogP contribution in [0.3, 0.4) is 0 Å². The lowest BCUT2D eigenvalue weighted by molar-refractivity contribution is -0.107. The van der Waals surface area contributed by atoms with E-state index in [-0.39, 0.29) is 11.3 Å². The number of halogens is 1. The highest BCUT2D eigenvalue weighted by Crippen LogP contribution is 2.34. The zero-order chi connectivity index (χ0) is 11.1. The van der Waals surface area contributed by atoms with E-state index in [1.54, 1.807) is 0 Å². The Morgan fingerprint density at radius 1 is 1.33 bits per heavy atom. The van der Waals surface area contributed by atoms with Gasteiger partial charge in [0.1, 0.15) is 12.1 Å². The molecule has 0 spiro atoms. The summed E-state index contributed by atoms with van der Waals surface area (Å²) in [6.45, 7) is 0. The molecular formula is C10H7FO3S. The molecule has 0 atom stereocenters. The number of carbonyl (C=O) groups is 1. The lowest BCUT2D eigenvalue weighted by Crippen LogP contribution is -1.94. The summed E-state index contributed by atoms with van der Waals surface area (Å²) in [4.78, 5) is 10.3. The number of carbonyl (C=O) groups excluding carboxylic acids is 1. The monoisotopic (exact) mass is 226 g/mol. The van der Waals surface area contributed by atoms with E-state index < -0.39 is 15.7 Å². The van der Waals surface area contributed by atoms with Crippen LogP contribution in [0.2, 0.25) is 0 Å². The van der Waals surface area contributed by atoms with Gasteiger partial charge in [-0.1, -0.05) is 6.07 Å². The topological polar surface area (TPSA) is 51.2 Å². The Hall–Kier alpha value is -1.49. The van der Waals surface area contributed by atoms with Crippen LogP contribution >= 0.6 is 0 Å². The smallest absolute Gasteiger partial charge is 0.200 e. The molecule has 0 N–H and O–H groups in total. The van der Waals surface area contributed by atoms with Gasteiger partial charge in [-0.3, -0.25) is 0 Å². The summed E-state index contributed by atoms with van der Waals surface area (Å²) in [6, 6.07) is 3.53. The molecule has 0 aromatic heterocycles. The molecule has 0 aliphatic carbocycles. The van der Waals surface area contributed by atoms with Crippen LogP contribution in [0.5, 0.6) is 0 Å². The van der Waals surface area contributed by atoms with Gasteiger partial charge in [0.05, 0.1) is 4.90 Å². The largest absolute Gasteiger partial charge is 0.303 e. The highest BCUT2D eigenvalue weighted by atomic mass is 32.2. The normalized spacial score (nSPS) is 17.0. The van der Waals surface area contributed by atoms with Crippen LogP contribution in [0.4, 0.5) is 4.39 Å². The molecule has 0 radical (unpaired) electrons. The molecule has 0 amide bonds. The zero-order valence-electron chi connectivity index (χ0n) is 7.60. The number of fused-ring (bicyclic) bond motifs is 1. The van der Waals surface area contributed by atoms with E-state index >= 15 is 0 Å². The fraction of sp³-hybridized carbons (Fsp3) is 0.100. The Balaban J connectivity index is 2.67. The molecule has 1 aromatic carbocycles. The van der Waals surface area contributed by atoms with E-state index in [9.17, 15) is 17.6 Å². The average Bonchev–Trinajstić information content (AvgIpc) is 2.39. The van der Waals surface area contributed by atoms with Gasteiger partial charge in [-0.25, -0.2) is 12.8 Å². The number of hydrogen-bond acceptors (Lipinski definition) is 3. The molecule has 1 aliphatic heterocycles. The molecule has 15 heavy (non-hydrogen) atoms. The Kier molecular flexibility index (Phi) is 2.19. The van der Waals surface area contributed by atoms with Crippen LogP contribution in [0.15, 0.2) is 28.5 Å². The average molecular weight is 226 g/mol. The molecular weight excluding hydrogens is 219 g/mol. The van der Waals surface area contributed by atoms with Crippen LogP contribution in [0.1, 0.15) is 12.0 Å². The number of aldehydes is 1. The Labute approximate surface area is 86.1 Å². The quantitative estimate of drug-likeness (QED) is 0.719. The SMILES string of the molecule is O=CCC1=CS(=O)(=O)c2cc(F)ccc21. The summed E-state index contributed by atoms with van der Waals surface area (Å²) >= 11 is 0. The molecule has 1 heterocycles. The Morgan fingerprint density at radius 2 is 2.07 bits per heavy atom. The Morgan fingerprint density at radius 3 is 2.73 bits per heavy atom.